The Morgan fingerprint density at radius 2 is 1.48 bits per heavy atom. The van der Waals surface area contributed by atoms with Gasteiger partial charge in [-0.25, -0.2) is 0 Å². The smallest absolute Gasteiger partial charge is 0.0348 e. The summed E-state index contributed by atoms with van der Waals surface area (Å²) in [6.07, 6.45) is 0. The molecular weight excluding hydrogens is 387 g/mol. The second-order valence-electron chi connectivity index (χ2n) is 5.12. The van der Waals surface area contributed by atoms with Gasteiger partial charge in [0.25, 0.3) is 0 Å². The topological polar surface area (TPSA) is 0 Å². The van der Waals surface area contributed by atoms with Crippen LogP contribution in [0.25, 0.3) is 19.3 Å². The Bertz CT molecular complexity index is 859. The summed E-state index contributed by atoms with van der Waals surface area (Å²) in [5.41, 5.74) is 4.19. The summed E-state index contributed by atoms with van der Waals surface area (Å²) in [7, 11) is 0. The number of benzene rings is 3. The second-order valence-corrected chi connectivity index (χ2v) is 7.18. The predicted octanol–water partition coefficient (Wildman–Crippen LogP) is 6.35. The summed E-state index contributed by atoms with van der Waals surface area (Å²) in [5.74, 6) is 1.06. The molecule has 0 saturated heterocycles. The molecule has 0 fully saturated rings. The van der Waals surface area contributed by atoms with Gasteiger partial charge in [-0.15, -0.1) is 11.8 Å². The summed E-state index contributed by atoms with van der Waals surface area (Å²) in [5, 5.41) is 2.65. The summed E-state index contributed by atoms with van der Waals surface area (Å²) >= 11 is 4.46. The molecule has 0 aromatic heterocycles. The van der Waals surface area contributed by atoms with Gasteiger partial charge in [0.15, 0.2) is 0 Å². The Morgan fingerprint density at radius 3 is 2.43 bits per heavy atom. The van der Waals surface area contributed by atoms with Gasteiger partial charge in [0.2, 0.25) is 0 Å². The molecule has 0 aliphatic carbocycles. The Labute approximate surface area is 142 Å². The first-order chi connectivity index (χ1) is 10.3. The van der Waals surface area contributed by atoms with Crippen molar-refractivity contribution in [2.45, 2.75) is 5.75 Å². The standard InChI is InChI=1S/C19H13IS/c20-18-16-10-4-2-7-14(16)12-21-19(18)17-11-5-8-13-6-1-3-9-15(13)17/h1-11H,12H2. The first-order valence-electron chi connectivity index (χ1n) is 6.93. The molecule has 0 saturated carbocycles. The molecule has 3 aromatic carbocycles. The first-order valence-corrected chi connectivity index (χ1v) is 9.00. The SMILES string of the molecule is IC1=C(c2cccc3ccccc23)SCc2ccccc21. The van der Waals surface area contributed by atoms with Crippen molar-refractivity contribution in [1.29, 1.82) is 0 Å². The molecule has 4 rings (SSSR count). The highest BCUT2D eigenvalue weighted by Crippen LogP contribution is 2.47. The molecule has 0 atom stereocenters. The summed E-state index contributed by atoms with van der Waals surface area (Å²) in [6, 6.07) is 24.0. The molecule has 102 valence electrons. The van der Waals surface area contributed by atoms with E-state index in [1.165, 1.54) is 35.9 Å². The average Bonchev–Trinajstić information content (AvgIpc) is 2.55. The summed E-state index contributed by atoms with van der Waals surface area (Å²) < 4.78 is 1.37. The lowest BCUT2D eigenvalue weighted by Crippen LogP contribution is -1.97. The number of rotatable bonds is 1. The van der Waals surface area contributed by atoms with Crippen molar-refractivity contribution in [1.82, 2.24) is 0 Å². The maximum atomic E-state index is 2.51. The molecule has 1 heterocycles. The highest BCUT2D eigenvalue weighted by molar-refractivity contribution is 14.1. The zero-order valence-corrected chi connectivity index (χ0v) is 14.3. The van der Waals surface area contributed by atoms with Crippen LogP contribution in [0.1, 0.15) is 16.7 Å². The molecular formula is C19H13IS. The van der Waals surface area contributed by atoms with Gasteiger partial charge >= 0.3 is 0 Å². The maximum Gasteiger partial charge on any atom is 0.0348 e. The lowest BCUT2D eigenvalue weighted by molar-refractivity contribution is 1.39. The van der Waals surface area contributed by atoms with Crippen molar-refractivity contribution in [3.63, 3.8) is 0 Å². The van der Waals surface area contributed by atoms with Gasteiger partial charge in [0.1, 0.15) is 0 Å². The van der Waals surface area contributed by atoms with Crippen molar-refractivity contribution in [3.8, 4) is 0 Å². The van der Waals surface area contributed by atoms with Gasteiger partial charge in [-0.3, -0.25) is 0 Å². The van der Waals surface area contributed by atoms with E-state index in [1.807, 2.05) is 11.8 Å². The van der Waals surface area contributed by atoms with Crippen LogP contribution in [0, 0.1) is 0 Å². The quantitative estimate of drug-likeness (QED) is 0.429. The highest BCUT2D eigenvalue weighted by Gasteiger charge is 2.19. The van der Waals surface area contributed by atoms with E-state index in [2.05, 4.69) is 89.3 Å². The fourth-order valence-electron chi connectivity index (χ4n) is 2.82. The van der Waals surface area contributed by atoms with Gasteiger partial charge in [0, 0.05) is 14.2 Å². The molecule has 0 nitrogen and oxygen atoms in total. The van der Waals surface area contributed by atoms with Crippen LogP contribution in [-0.2, 0) is 5.75 Å². The van der Waals surface area contributed by atoms with Gasteiger partial charge in [-0.2, -0.15) is 0 Å². The van der Waals surface area contributed by atoms with Crippen LogP contribution in [-0.4, -0.2) is 0 Å². The normalized spacial score (nSPS) is 14.3. The van der Waals surface area contributed by atoms with Crippen LogP contribution in [0.3, 0.4) is 0 Å². The number of thioether (sulfide) groups is 1. The molecule has 0 bridgehead atoms. The van der Waals surface area contributed by atoms with Crippen molar-refractivity contribution in [3.05, 3.63) is 83.4 Å². The van der Waals surface area contributed by atoms with E-state index in [0.29, 0.717) is 0 Å². The number of hydrogen-bond acceptors (Lipinski definition) is 1. The lowest BCUT2D eigenvalue weighted by Gasteiger charge is -2.21. The Balaban J connectivity index is 1.98. The Hall–Kier alpha value is -1.26. The monoisotopic (exact) mass is 400 g/mol. The van der Waals surface area contributed by atoms with Crippen molar-refractivity contribution < 1.29 is 0 Å². The molecule has 2 heteroatoms. The van der Waals surface area contributed by atoms with E-state index in [0.717, 1.165) is 5.75 Å². The van der Waals surface area contributed by atoms with Crippen LogP contribution in [0.5, 0.6) is 0 Å². The third kappa shape index (κ3) is 2.30. The van der Waals surface area contributed by atoms with Crippen molar-refractivity contribution in [2.24, 2.45) is 0 Å². The minimum atomic E-state index is 1.06. The second kappa shape index (κ2) is 5.50. The lowest BCUT2D eigenvalue weighted by atomic mass is 10.0. The number of halogens is 1. The Kier molecular flexibility index (Phi) is 3.51. The minimum absolute atomic E-state index is 1.06. The fourth-order valence-corrected chi connectivity index (χ4v) is 5.22. The molecule has 0 spiro atoms. The fraction of sp³-hybridized carbons (Fsp3) is 0.0526. The third-order valence-corrected chi connectivity index (χ3v) is 6.51. The molecule has 1 aliphatic heterocycles. The molecule has 21 heavy (non-hydrogen) atoms. The van der Waals surface area contributed by atoms with Crippen molar-refractivity contribution in [2.75, 3.05) is 0 Å². The highest BCUT2D eigenvalue weighted by atomic mass is 127. The largest absolute Gasteiger partial charge is 0.120 e. The van der Waals surface area contributed by atoms with E-state index >= 15 is 0 Å². The van der Waals surface area contributed by atoms with E-state index in [9.17, 15) is 0 Å². The summed E-state index contributed by atoms with van der Waals surface area (Å²) in [6.45, 7) is 0. The average molecular weight is 400 g/mol. The van der Waals surface area contributed by atoms with Crippen LogP contribution >= 0.6 is 34.4 Å². The Morgan fingerprint density at radius 1 is 0.762 bits per heavy atom. The third-order valence-electron chi connectivity index (χ3n) is 3.86. The maximum absolute atomic E-state index is 2.51. The molecule has 1 aliphatic rings. The molecule has 0 amide bonds. The van der Waals surface area contributed by atoms with Gasteiger partial charge in [-0.1, -0.05) is 66.7 Å². The van der Waals surface area contributed by atoms with E-state index in [1.54, 1.807) is 0 Å². The zero-order chi connectivity index (χ0) is 14.2. The summed E-state index contributed by atoms with van der Waals surface area (Å²) in [4.78, 5) is 1.41. The van der Waals surface area contributed by atoms with Crippen molar-refractivity contribution >= 4 is 53.6 Å². The van der Waals surface area contributed by atoms with Crippen LogP contribution in [0.2, 0.25) is 0 Å². The minimum Gasteiger partial charge on any atom is -0.120 e. The van der Waals surface area contributed by atoms with Gasteiger partial charge in [0.05, 0.1) is 0 Å². The molecule has 0 unspecified atom stereocenters. The number of fused-ring (bicyclic) bond motifs is 2. The van der Waals surface area contributed by atoms with E-state index in [-0.39, 0.29) is 0 Å². The molecule has 3 aromatic rings. The van der Waals surface area contributed by atoms with E-state index < -0.39 is 0 Å². The molecule has 0 N–H and O–H groups in total. The zero-order valence-electron chi connectivity index (χ0n) is 11.3. The van der Waals surface area contributed by atoms with Crippen LogP contribution in [0.15, 0.2) is 66.7 Å². The number of hydrogen-bond donors (Lipinski definition) is 0. The predicted molar refractivity (Wildman–Crippen MR) is 103 cm³/mol. The van der Waals surface area contributed by atoms with E-state index in [4.69, 9.17) is 0 Å². The van der Waals surface area contributed by atoms with Gasteiger partial charge < -0.3 is 0 Å². The van der Waals surface area contributed by atoms with Crippen LogP contribution in [0.4, 0.5) is 0 Å². The molecule has 0 radical (unpaired) electrons. The van der Waals surface area contributed by atoms with Crippen LogP contribution < -0.4 is 0 Å². The first kappa shape index (κ1) is 13.4. The van der Waals surface area contributed by atoms with Gasteiger partial charge in [-0.05, 0) is 50.1 Å².